The molecule has 3 aromatic rings. The fraction of sp³-hybridized carbons (Fsp3) is 0.176. The molecule has 0 aliphatic heterocycles. The number of ether oxygens (including phenoxy) is 1. The van der Waals surface area contributed by atoms with Crippen molar-refractivity contribution < 1.29 is 9.53 Å². The third kappa shape index (κ3) is 4.88. The number of hydrogen-bond donors (Lipinski definition) is 1. The van der Waals surface area contributed by atoms with Gasteiger partial charge in [0.1, 0.15) is 0 Å². The number of thiophene rings is 1. The van der Waals surface area contributed by atoms with E-state index in [1.54, 1.807) is 0 Å². The topological polar surface area (TPSA) is 51.2 Å². The van der Waals surface area contributed by atoms with Crippen LogP contribution < -0.4 is 5.32 Å². The van der Waals surface area contributed by atoms with E-state index < -0.39 is 0 Å². The molecule has 0 saturated heterocycles. The summed E-state index contributed by atoms with van der Waals surface area (Å²) in [5.74, 6) is -0.104. The molecule has 7 heteroatoms. The number of carbonyl (C=O) groups excluding carboxylic acids is 1. The lowest BCUT2D eigenvalue weighted by Crippen LogP contribution is -2.14. The van der Waals surface area contributed by atoms with Gasteiger partial charge in [-0.2, -0.15) is 0 Å². The van der Waals surface area contributed by atoms with E-state index in [1.807, 2.05) is 47.8 Å². The Morgan fingerprint density at radius 3 is 2.79 bits per heavy atom. The van der Waals surface area contributed by atoms with Crippen LogP contribution in [0.15, 0.2) is 47.8 Å². The van der Waals surface area contributed by atoms with Gasteiger partial charge >= 0.3 is 0 Å². The minimum atomic E-state index is -0.104. The van der Waals surface area contributed by atoms with Crippen LogP contribution in [0.4, 0.5) is 5.13 Å². The Bertz CT molecular complexity index is 802. The van der Waals surface area contributed by atoms with E-state index in [1.165, 1.54) is 22.7 Å². The standard InChI is InChI=1S/C17H15ClN2O2S2/c18-15-7-6-14(24-15)13-11-23-17(19-13)20-16(21)8-9-22-10-12-4-2-1-3-5-12/h1-7,11H,8-10H2,(H,19,20,21). The maximum absolute atomic E-state index is 11.9. The lowest BCUT2D eigenvalue weighted by Gasteiger charge is -2.04. The van der Waals surface area contributed by atoms with Crippen LogP contribution in [-0.2, 0) is 16.1 Å². The monoisotopic (exact) mass is 378 g/mol. The maximum Gasteiger partial charge on any atom is 0.228 e. The normalized spacial score (nSPS) is 10.7. The molecule has 24 heavy (non-hydrogen) atoms. The van der Waals surface area contributed by atoms with Crippen LogP contribution >= 0.6 is 34.3 Å². The van der Waals surface area contributed by atoms with Crippen molar-refractivity contribution in [3.63, 3.8) is 0 Å². The molecule has 0 bridgehead atoms. The van der Waals surface area contributed by atoms with E-state index in [0.29, 0.717) is 24.8 Å². The van der Waals surface area contributed by atoms with Crippen LogP contribution in [0.2, 0.25) is 4.34 Å². The zero-order valence-corrected chi connectivity index (χ0v) is 15.1. The van der Waals surface area contributed by atoms with Crippen molar-refractivity contribution >= 4 is 45.3 Å². The Kier molecular flexibility index (Phi) is 5.98. The molecule has 0 aliphatic rings. The second-order valence-electron chi connectivity index (χ2n) is 4.98. The zero-order valence-electron chi connectivity index (χ0n) is 12.7. The Balaban J connectivity index is 1.43. The molecule has 0 atom stereocenters. The van der Waals surface area contributed by atoms with Crippen molar-refractivity contribution in [2.24, 2.45) is 0 Å². The number of benzene rings is 1. The fourth-order valence-corrected chi connectivity index (χ4v) is 3.81. The van der Waals surface area contributed by atoms with E-state index in [9.17, 15) is 4.79 Å². The predicted octanol–water partition coefficient (Wildman–Crippen LogP) is 5.07. The van der Waals surface area contributed by atoms with E-state index in [2.05, 4.69) is 10.3 Å². The second-order valence-corrected chi connectivity index (χ2v) is 7.55. The van der Waals surface area contributed by atoms with Crippen LogP contribution in [0.1, 0.15) is 12.0 Å². The number of amides is 1. The summed E-state index contributed by atoms with van der Waals surface area (Å²) in [6.45, 7) is 0.883. The van der Waals surface area contributed by atoms with E-state index in [-0.39, 0.29) is 5.91 Å². The average molecular weight is 379 g/mol. The Morgan fingerprint density at radius 2 is 2.04 bits per heavy atom. The van der Waals surface area contributed by atoms with Crippen LogP contribution in [0.25, 0.3) is 10.6 Å². The third-order valence-electron chi connectivity index (χ3n) is 3.16. The number of nitrogens with one attached hydrogen (secondary N) is 1. The van der Waals surface area contributed by atoms with Crippen molar-refractivity contribution in [2.45, 2.75) is 13.0 Å². The molecule has 1 aromatic carbocycles. The van der Waals surface area contributed by atoms with Gasteiger partial charge in [0.25, 0.3) is 0 Å². The Labute approximate surface area is 153 Å². The van der Waals surface area contributed by atoms with Crippen molar-refractivity contribution in [3.8, 4) is 10.6 Å². The number of aromatic nitrogens is 1. The summed E-state index contributed by atoms with van der Waals surface area (Å²) in [7, 11) is 0. The first kappa shape index (κ1) is 17.1. The highest BCUT2D eigenvalue weighted by molar-refractivity contribution is 7.20. The lowest BCUT2D eigenvalue weighted by atomic mass is 10.2. The fourth-order valence-electron chi connectivity index (χ4n) is 2.01. The van der Waals surface area contributed by atoms with Gasteiger partial charge in [0.05, 0.1) is 34.5 Å². The maximum atomic E-state index is 11.9. The predicted molar refractivity (Wildman–Crippen MR) is 99.8 cm³/mol. The first-order chi connectivity index (χ1) is 11.7. The van der Waals surface area contributed by atoms with E-state index >= 15 is 0 Å². The number of carbonyl (C=O) groups is 1. The molecule has 0 spiro atoms. The van der Waals surface area contributed by atoms with Crippen molar-refractivity contribution in [1.29, 1.82) is 0 Å². The summed E-state index contributed by atoms with van der Waals surface area (Å²) in [4.78, 5) is 17.3. The molecule has 1 amide bonds. The molecule has 3 rings (SSSR count). The van der Waals surface area contributed by atoms with Crippen molar-refractivity contribution in [2.75, 3.05) is 11.9 Å². The highest BCUT2D eigenvalue weighted by atomic mass is 35.5. The van der Waals surface area contributed by atoms with Gasteiger partial charge in [-0.25, -0.2) is 4.98 Å². The van der Waals surface area contributed by atoms with Crippen molar-refractivity contribution in [1.82, 2.24) is 4.98 Å². The average Bonchev–Trinajstić information content (AvgIpc) is 3.21. The minimum Gasteiger partial charge on any atom is -0.376 e. The largest absolute Gasteiger partial charge is 0.376 e. The lowest BCUT2D eigenvalue weighted by molar-refractivity contribution is -0.117. The molecule has 0 aliphatic carbocycles. The van der Waals surface area contributed by atoms with Crippen molar-refractivity contribution in [3.05, 3.63) is 57.7 Å². The van der Waals surface area contributed by atoms with Crippen LogP contribution in [0, 0.1) is 0 Å². The van der Waals surface area contributed by atoms with Gasteiger partial charge in [0.2, 0.25) is 5.91 Å². The van der Waals surface area contributed by atoms with Crippen LogP contribution in [-0.4, -0.2) is 17.5 Å². The van der Waals surface area contributed by atoms with E-state index in [0.717, 1.165) is 20.5 Å². The molecule has 0 radical (unpaired) electrons. The summed E-state index contributed by atoms with van der Waals surface area (Å²) in [6, 6.07) is 13.6. The molecule has 4 nitrogen and oxygen atoms in total. The van der Waals surface area contributed by atoms with Gasteiger partial charge in [-0.05, 0) is 17.7 Å². The molecule has 1 N–H and O–H groups in total. The molecule has 0 fully saturated rings. The summed E-state index contributed by atoms with van der Waals surface area (Å²) in [5.41, 5.74) is 1.92. The number of hydrogen-bond acceptors (Lipinski definition) is 5. The molecular weight excluding hydrogens is 364 g/mol. The molecular formula is C17H15ClN2O2S2. The zero-order chi connectivity index (χ0) is 16.8. The quantitative estimate of drug-likeness (QED) is 0.584. The molecule has 0 unspecified atom stereocenters. The second kappa shape index (κ2) is 8.39. The van der Waals surface area contributed by atoms with Gasteiger partial charge in [0.15, 0.2) is 5.13 Å². The third-order valence-corrected chi connectivity index (χ3v) is 5.17. The minimum absolute atomic E-state index is 0.104. The Hall–Kier alpha value is -1.73. The van der Waals surface area contributed by atoms with Gasteiger partial charge in [-0.3, -0.25) is 4.79 Å². The van der Waals surface area contributed by atoms with E-state index in [4.69, 9.17) is 16.3 Å². The summed E-state index contributed by atoms with van der Waals surface area (Å²) < 4.78 is 6.24. The first-order valence-electron chi connectivity index (χ1n) is 7.33. The van der Waals surface area contributed by atoms with Crippen LogP contribution in [0.3, 0.4) is 0 Å². The highest BCUT2D eigenvalue weighted by Crippen LogP contribution is 2.32. The van der Waals surface area contributed by atoms with Gasteiger partial charge in [0, 0.05) is 5.38 Å². The van der Waals surface area contributed by atoms with Crippen LogP contribution in [0.5, 0.6) is 0 Å². The molecule has 2 aromatic heterocycles. The highest BCUT2D eigenvalue weighted by Gasteiger charge is 2.09. The summed E-state index contributed by atoms with van der Waals surface area (Å²) in [6.07, 6.45) is 0.298. The molecule has 124 valence electrons. The van der Waals surface area contributed by atoms with Gasteiger partial charge in [-0.1, -0.05) is 41.9 Å². The molecule has 0 saturated carbocycles. The van der Waals surface area contributed by atoms with Gasteiger partial charge < -0.3 is 10.1 Å². The number of anilines is 1. The summed E-state index contributed by atoms with van der Waals surface area (Å²) in [5, 5.41) is 5.29. The number of thiazole rings is 1. The first-order valence-corrected chi connectivity index (χ1v) is 9.41. The number of nitrogens with zero attached hydrogens (tertiary/aromatic N) is 1. The molecule has 2 heterocycles. The SMILES string of the molecule is O=C(CCOCc1ccccc1)Nc1nc(-c2ccc(Cl)s2)cs1. The Morgan fingerprint density at radius 1 is 1.21 bits per heavy atom. The van der Waals surface area contributed by atoms with Gasteiger partial charge in [-0.15, -0.1) is 22.7 Å². The smallest absolute Gasteiger partial charge is 0.228 e. The number of halogens is 1. The summed E-state index contributed by atoms with van der Waals surface area (Å²) >= 11 is 8.79. The number of rotatable bonds is 7.